The van der Waals surface area contributed by atoms with E-state index in [0.29, 0.717) is 0 Å². The number of imidazole rings is 1. The number of hydrogen-bond acceptors (Lipinski definition) is 3. The zero-order valence-electron chi connectivity index (χ0n) is 11.5. The molecular weight excluding hydrogens is 238 g/mol. The minimum atomic E-state index is -0.271. The van der Waals surface area contributed by atoms with Gasteiger partial charge in [-0.15, -0.1) is 0 Å². The van der Waals surface area contributed by atoms with Gasteiger partial charge in [-0.3, -0.25) is 4.98 Å². The molecule has 0 fully saturated rings. The van der Waals surface area contributed by atoms with Crippen LogP contribution < -0.4 is 0 Å². The summed E-state index contributed by atoms with van der Waals surface area (Å²) in [6, 6.07) is 2.09. The Morgan fingerprint density at radius 3 is 3.05 bits per heavy atom. The molecule has 0 saturated heterocycles. The van der Waals surface area contributed by atoms with Crippen LogP contribution in [0.1, 0.15) is 37.1 Å². The van der Waals surface area contributed by atoms with E-state index in [0.717, 1.165) is 26.0 Å². The fourth-order valence-electron chi connectivity index (χ4n) is 3.11. The van der Waals surface area contributed by atoms with E-state index in [1.807, 2.05) is 38.8 Å². The molecule has 4 heteroatoms. The SMILES string of the molecule is CC.c1cc2c(cn1)CCC21OCCn2cncc21. The molecule has 0 radical (unpaired) electrons. The van der Waals surface area contributed by atoms with E-state index in [4.69, 9.17) is 4.74 Å². The second-order valence-electron chi connectivity index (χ2n) is 4.68. The van der Waals surface area contributed by atoms with Gasteiger partial charge in [-0.1, -0.05) is 13.8 Å². The number of ether oxygens (including phenoxy) is 1. The second-order valence-corrected chi connectivity index (χ2v) is 4.68. The summed E-state index contributed by atoms with van der Waals surface area (Å²) in [4.78, 5) is 8.46. The predicted octanol–water partition coefficient (Wildman–Crippen LogP) is 2.52. The van der Waals surface area contributed by atoms with Gasteiger partial charge >= 0.3 is 0 Å². The highest BCUT2D eigenvalue weighted by Crippen LogP contribution is 2.45. The molecule has 1 aliphatic heterocycles. The molecule has 4 nitrogen and oxygen atoms in total. The topological polar surface area (TPSA) is 39.9 Å². The lowest BCUT2D eigenvalue weighted by atomic mass is 9.92. The van der Waals surface area contributed by atoms with Gasteiger partial charge in [0.1, 0.15) is 5.60 Å². The van der Waals surface area contributed by atoms with E-state index in [2.05, 4.69) is 20.6 Å². The highest BCUT2D eigenvalue weighted by molar-refractivity contribution is 5.42. The lowest BCUT2D eigenvalue weighted by Crippen LogP contribution is -2.37. The number of rotatable bonds is 0. The van der Waals surface area contributed by atoms with Crippen molar-refractivity contribution in [2.45, 2.75) is 38.8 Å². The van der Waals surface area contributed by atoms with Crippen molar-refractivity contribution in [3.63, 3.8) is 0 Å². The molecule has 2 aromatic heterocycles. The molecule has 1 unspecified atom stereocenters. The third kappa shape index (κ3) is 1.70. The predicted molar refractivity (Wildman–Crippen MR) is 72.9 cm³/mol. The van der Waals surface area contributed by atoms with Gasteiger partial charge < -0.3 is 9.30 Å². The maximum Gasteiger partial charge on any atom is 0.135 e. The molecule has 4 rings (SSSR count). The second kappa shape index (κ2) is 4.78. The molecule has 0 aromatic carbocycles. The Bertz CT molecular complexity index is 578. The van der Waals surface area contributed by atoms with E-state index >= 15 is 0 Å². The van der Waals surface area contributed by atoms with Gasteiger partial charge in [0.25, 0.3) is 0 Å². The van der Waals surface area contributed by atoms with Crippen LogP contribution in [-0.2, 0) is 23.3 Å². The number of hydrogen-bond donors (Lipinski definition) is 0. The zero-order chi connectivity index (χ0) is 13.3. The number of pyridine rings is 1. The average Bonchev–Trinajstić information content (AvgIpc) is 3.09. The third-order valence-electron chi connectivity index (χ3n) is 3.89. The first-order chi connectivity index (χ1) is 9.40. The molecule has 1 aliphatic carbocycles. The fraction of sp³-hybridized carbons (Fsp3) is 0.467. The van der Waals surface area contributed by atoms with Crippen LogP contribution in [0.3, 0.4) is 0 Å². The number of fused-ring (bicyclic) bond motifs is 4. The lowest BCUT2D eigenvalue weighted by Gasteiger charge is -2.35. The van der Waals surface area contributed by atoms with E-state index in [1.54, 1.807) is 0 Å². The molecule has 1 spiro atoms. The van der Waals surface area contributed by atoms with E-state index < -0.39 is 0 Å². The van der Waals surface area contributed by atoms with Gasteiger partial charge in [-0.25, -0.2) is 4.98 Å². The van der Waals surface area contributed by atoms with Gasteiger partial charge in [0, 0.05) is 18.9 Å². The first-order valence-electron chi connectivity index (χ1n) is 6.98. The summed E-state index contributed by atoms with van der Waals surface area (Å²) in [5, 5.41) is 0. The van der Waals surface area contributed by atoms with Gasteiger partial charge in [0.2, 0.25) is 0 Å². The van der Waals surface area contributed by atoms with Crippen molar-refractivity contribution < 1.29 is 4.74 Å². The van der Waals surface area contributed by atoms with Crippen molar-refractivity contribution in [1.82, 2.24) is 14.5 Å². The van der Waals surface area contributed by atoms with E-state index in [9.17, 15) is 0 Å². The molecule has 0 bridgehead atoms. The summed E-state index contributed by atoms with van der Waals surface area (Å²) in [7, 11) is 0. The minimum Gasteiger partial charge on any atom is -0.362 e. The summed E-state index contributed by atoms with van der Waals surface area (Å²) >= 11 is 0. The molecule has 3 heterocycles. The Hall–Kier alpha value is -1.68. The normalized spacial score (nSPS) is 23.5. The molecule has 19 heavy (non-hydrogen) atoms. The molecular formula is C15H19N3O. The first kappa shape index (κ1) is 12.4. The summed E-state index contributed by atoms with van der Waals surface area (Å²) < 4.78 is 8.36. The van der Waals surface area contributed by atoms with Crippen molar-refractivity contribution >= 4 is 0 Å². The monoisotopic (exact) mass is 257 g/mol. The molecule has 2 aliphatic rings. The molecule has 1 atom stereocenters. The fourth-order valence-corrected chi connectivity index (χ4v) is 3.11. The smallest absolute Gasteiger partial charge is 0.135 e. The van der Waals surface area contributed by atoms with Crippen molar-refractivity contribution in [1.29, 1.82) is 0 Å². The van der Waals surface area contributed by atoms with Crippen LogP contribution in [0.15, 0.2) is 31.0 Å². The molecule has 0 amide bonds. The number of aromatic nitrogens is 3. The molecule has 100 valence electrons. The largest absolute Gasteiger partial charge is 0.362 e. The van der Waals surface area contributed by atoms with Crippen LogP contribution in [0.25, 0.3) is 0 Å². The number of aryl methyl sites for hydroxylation is 1. The standard InChI is InChI=1S/C13H13N3O.C2H6/c1-3-13(11-2-4-14-7-10(1)11)12-8-15-9-16(12)5-6-17-13;1-2/h2,4,7-9H,1,3,5-6H2;1-2H3. The highest BCUT2D eigenvalue weighted by atomic mass is 16.5. The van der Waals surface area contributed by atoms with Crippen molar-refractivity contribution in [3.8, 4) is 0 Å². The summed E-state index contributed by atoms with van der Waals surface area (Å²) in [6.07, 6.45) is 9.69. The van der Waals surface area contributed by atoms with E-state index in [1.165, 1.54) is 16.8 Å². The van der Waals surface area contributed by atoms with Crippen molar-refractivity contribution in [3.05, 3.63) is 47.8 Å². The summed E-state index contributed by atoms with van der Waals surface area (Å²) in [6.45, 7) is 5.66. The van der Waals surface area contributed by atoms with Crippen molar-refractivity contribution in [2.75, 3.05) is 6.61 Å². The van der Waals surface area contributed by atoms with Gasteiger partial charge in [-0.2, -0.15) is 0 Å². The van der Waals surface area contributed by atoms with Crippen LogP contribution in [0.5, 0.6) is 0 Å². The number of nitrogens with zero attached hydrogens (tertiary/aromatic N) is 3. The molecule has 2 aromatic rings. The maximum atomic E-state index is 6.15. The molecule has 0 saturated carbocycles. The van der Waals surface area contributed by atoms with Crippen LogP contribution in [0.2, 0.25) is 0 Å². The first-order valence-corrected chi connectivity index (χ1v) is 6.98. The summed E-state index contributed by atoms with van der Waals surface area (Å²) in [5.41, 5.74) is 3.50. The van der Waals surface area contributed by atoms with E-state index in [-0.39, 0.29) is 5.60 Å². The van der Waals surface area contributed by atoms with Crippen LogP contribution in [-0.4, -0.2) is 21.1 Å². The average molecular weight is 257 g/mol. The zero-order valence-corrected chi connectivity index (χ0v) is 11.5. The van der Waals surface area contributed by atoms with Gasteiger partial charge in [0.05, 0.1) is 24.8 Å². The summed E-state index contributed by atoms with van der Waals surface area (Å²) in [5.74, 6) is 0. The molecule has 0 N–H and O–H groups in total. The Morgan fingerprint density at radius 1 is 1.26 bits per heavy atom. The Labute approximate surface area is 113 Å². The Balaban J connectivity index is 0.000000528. The maximum absolute atomic E-state index is 6.15. The Morgan fingerprint density at radius 2 is 2.16 bits per heavy atom. The van der Waals surface area contributed by atoms with Crippen LogP contribution >= 0.6 is 0 Å². The van der Waals surface area contributed by atoms with Crippen LogP contribution in [0.4, 0.5) is 0 Å². The lowest BCUT2D eigenvalue weighted by molar-refractivity contribution is -0.0457. The quantitative estimate of drug-likeness (QED) is 0.728. The van der Waals surface area contributed by atoms with Gasteiger partial charge in [0.15, 0.2) is 0 Å². The Kier molecular flexibility index (Phi) is 3.11. The van der Waals surface area contributed by atoms with Gasteiger partial charge in [-0.05, 0) is 30.0 Å². The van der Waals surface area contributed by atoms with Crippen molar-refractivity contribution in [2.24, 2.45) is 0 Å². The third-order valence-corrected chi connectivity index (χ3v) is 3.89. The minimum absolute atomic E-state index is 0.271. The van der Waals surface area contributed by atoms with Crippen LogP contribution in [0, 0.1) is 0 Å². The highest BCUT2D eigenvalue weighted by Gasteiger charge is 2.45.